The van der Waals surface area contributed by atoms with E-state index in [9.17, 15) is 0 Å². The number of unbranched alkanes of at least 4 members (excludes halogenated alkanes) is 1. The van der Waals surface area contributed by atoms with Crippen LogP contribution in [-0.4, -0.2) is 24.8 Å². The number of rotatable bonds is 8. The zero-order chi connectivity index (χ0) is 11.6. The lowest BCUT2D eigenvalue weighted by molar-refractivity contribution is 0.0396. The fourth-order valence-corrected chi connectivity index (χ4v) is 1.60. The summed E-state index contributed by atoms with van der Waals surface area (Å²) in [5.74, 6) is 0. The molecule has 0 aliphatic carbocycles. The fourth-order valence-electron chi connectivity index (χ4n) is 1.19. The second-order valence-electron chi connectivity index (χ2n) is 3.53. The molecule has 0 fully saturated rings. The second kappa shape index (κ2) is 8.67. The highest BCUT2D eigenvalue weighted by Gasteiger charge is 1.95. The third kappa shape index (κ3) is 6.20. The van der Waals surface area contributed by atoms with Crippen LogP contribution in [0, 0.1) is 0 Å². The van der Waals surface area contributed by atoms with Gasteiger partial charge in [-0.25, -0.2) is 0 Å². The van der Waals surface area contributed by atoms with Crippen molar-refractivity contribution in [3.8, 4) is 0 Å². The molecule has 1 rings (SSSR count). The molecule has 1 heterocycles. The van der Waals surface area contributed by atoms with Gasteiger partial charge in [0.15, 0.2) is 0 Å². The van der Waals surface area contributed by atoms with Crippen LogP contribution in [0.1, 0.15) is 25.3 Å². The number of hydrogen-bond donors (Lipinski definition) is 0. The van der Waals surface area contributed by atoms with E-state index in [2.05, 4.69) is 27.8 Å². The zero-order valence-corrected chi connectivity index (χ0v) is 11.2. The van der Waals surface area contributed by atoms with Crippen LogP contribution >= 0.6 is 15.9 Å². The van der Waals surface area contributed by atoms with E-state index < -0.39 is 0 Å². The highest BCUT2D eigenvalue weighted by Crippen LogP contribution is 2.10. The van der Waals surface area contributed by atoms with Crippen molar-refractivity contribution < 1.29 is 9.47 Å². The third-order valence-electron chi connectivity index (χ3n) is 2.04. The molecule has 0 aliphatic rings. The number of halogens is 1. The van der Waals surface area contributed by atoms with E-state index in [4.69, 9.17) is 9.47 Å². The molecule has 4 heteroatoms. The van der Waals surface area contributed by atoms with E-state index in [1.807, 2.05) is 12.3 Å². The molecule has 0 amide bonds. The first kappa shape index (κ1) is 13.6. The second-order valence-corrected chi connectivity index (χ2v) is 4.45. The lowest BCUT2D eigenvalue weighted by Gasteiger charge is -2.05. The molecule has 1 aromatic rings. The molecular weight excluding hydrogens is 270 g/mol. The zero-order valence-electron chi connectivity index (χ0n) is 9.62. The van der Waals surface area contributed by atoms with Gasteiger partial charge in [0.2, 0.25) is 0 Å². The Hall–Kier alpha value is -0.450. The van der Waals surface area contributed by atoms with Gasteiger partial charge in [0.1, 0.15) is 0 Å². The van der Waals surface area contributed by atoms with Gasteiger partial charge in [-0.05, 0) is 34.0 Å². The molecule has 0 spiro atoms. The fraction of sp³-hybridized carbons (Fsp3) is 0.583. The number of nitrogens with zero attached hydrogens (tertiary/aromatic N) is 1. The number of aromatic nitrogens is 1. The molecule has 0 bridgehead atoms. The molecule has 0 saturated heterocycles. The van der Waals surface area contributed by atoms with Crippen molar-refractivity contribution in [2.75, 3.05) is 19.8 Å². The summed E-state index contributed by atoms with van der Waals surface area (Å²) in [6.07, 6.45) is 5.86. The van der Waals surface area contributed by atoms with Crippen LogP contribution in [0.2, 0.25) is 0 Å². The van der Waals surface area contributed by atoms with Gasteiger partial charge < -0.3 is 9.47 Å². The molecular formula is C12H18BrNO2. The number of ether oxygens (including phenoxy) is 2. The number of hydrogen-bond acceptors (Lipinski definition) is 3. The van der Waals surface area contributed by atoms with E-state index in [-0.39, 0.29) is 0 Å². The summed E-state index contributed by atoms with van der Waals surface area (Å²) in [7, 11) is 0. The largest absolute Gasteiger partial charge is 0.379 e. The van der Waals surface area contributed by atoms with E-state index in [0.717, 1.165) is 23.1 Å². The third-order valence-corrected chi connectivity index (χ3v) is 2.48. The van der Waals surface area contributed by atoms with Gasteiger partial charge >= 0.3 is 0 Å². The van der Waals surface area contributed by atoms with Crippen LogP contribution in [0.4, 0.5) is 0 Å². The Kier molecular flexibility index (Phi) is 7.38. The molecule has 0 aromatic carbocycles. The summed E-state index contributed by atoms with van der Waals surface area (Å²) in [6, 6.07) is 2.00. The molecule has 16 heavy (non-hydrogen) atoms. The normalized spacial score (nSPS) is 10.6. The Morgan fingerprint density at radius 1 is 1.19 bits per heavy atom. The first-order valence-corrected chi connectivity index (χ1v) is 6.37. The summed E-state index contributed by atoms with van der Waals surface area (Å²) in [6.45, 7) is 4.87. The van der Waals surface area contributed by atoms with E-state index >= 15 is 0 Å². The maximum absolute atomic E-state index is 5.47. The molecule has 0 aliphatic heterocycles. The van der Waals surface area contributed by atoms with Gasteiger partial charge in [-0.2, -0.15) is 0 Å². The predicted molar refractivity (Wildman–Crippen MR) is 67.3 cm³/mol. The van der Waals surface area contributed by atoms with Gasteiger partial charge in [0, 0.05) is 23.5 Å². The van der Waals surface area contributed by atoms with Crippen molar-refractivity contribution >= 4 is 15.9 Å². The minimum Gasteiger partial charge on any atom is -0.379 e. The predicted octanol–water partition coefficient (Wildman–Crippen LogP) is 3.18. The molecule has 1 aromatic heterocycles. The Morgan fingerprint density at radius 2 is 2.00 bits per heavy atom. The van der Waals surface area contributed by atoms with Crippen molar-refractivity contribution in [2.45, 2.75) is 26.4 Å². The Balaban J connectivity index is 2.03. The Morgan fingerprint density at radius 3 is 2.75 bits per heavy atom. The van der Waals surface area contributed by atoms with E-state index in [1.165, 1.54) is 6.42 Å². The van der Waals surface area contributed by atoms with Crippen LogP contribution in [0.3, 0.4) is 0 Å². The maximum atomic E-state index is 5.47. The van der Waals surface area contributed by atoms with E-state index in [1.54, 1.807) is 6.20 Å². The van der Waals surface area contributed by atoms with Gasteiger partial charge in [0.05, 0.1) is 19.8 Å². The Bertz CT molecular complexity index is 294. The minimum absolute atomic E-state index is 0.587. The average Bonchev–Trinajstić information content (AvgIpc) is 2.28. The molecule has 0 saturated carbocycles. The average molecular weight is 288 g/mol. The first-order valence-electron chi connectivity index (χ1n) is 5.58. The highest BCUT2D eigenvalue weighted by atomic mass is 79.9. The van der Waals surface area contributed by atoms with Crippen molar-refractivity contribution in [3.05, 3.63) is 28.5 Å². The SMILES string of the molecule is CCCCOCCOCc1cncc(Br)c1. The lowest BCUT2D eigenvalue weighted by atomic mass is 10.3. The van der Waals surface area contributed by atoms with Crippen molar-refractivity contribution in [3.63, 3.8) is 0 Å². The van der Waals surface area contributed by atoms with E-state index in [0.29, 0.717) is 19.8 Å². The molecule has 0 unspecified atom stereocenters. The van der Waals surface area contributed by atoms with Gasteiger partial charge in [0.25, 0.3) is 0 Å². The topological polar surface area (TPSA) is 31.4 Å². The standard InChI is InChI=1S/C12H18BrNO2/c1-2-3-4-15-5-6-16-10-11-7-12(13)9-14-8-11/h7-9H,2-6,10H2,1H3. The van der Waals surface area contributed by atoms with Crippen LogP contribution in [0.25, 0.3) is 0 Å². The smallest absolute Gasteiger partial charge is 0.0733 e. The molecule has 90 valence electrons. The summed E-state index contributed by atoms with van der Waals surface area (Å²) >= 11 is 3.37. The summed E-state index contributed by atoms with van der Waals surface area (Å²) < 4.78 is 11.8. The lowest BCUT2D eigenvalue weighted by Crippen LogP contribution is -2.05. The van der Waals surface area contributed by atoms with Crippen molar-refractivity contribution in [2.24, 2.45) is 0 Å². The molecule has 3 nitrogen and oxygen atoms in total. The van der Waals surface area contributed by atoms with Crippen LogP contribution < -0.4 is 0 Å². The minimum atomic E-state index is 0.587. The molecule has 0 atom stereocenters. The van der Waals surface area contributed by atoms with Crippen LogP contribution in [0.15, 0.2) is 22.9 Å². The summed E-state index contributed by atoms with van der Waals surface area (Å²) in [5, 5.41) is 0. The van der Waals surface area contributed by atoms with Crippen LogP contribution in [-0.2, 0) is 16.1 Å². The van der Waals surface area contributed by atoms with Gasteiger partial charge in [-0.3, -0.25) is 4.98 Å². The monoisotopic (exact) mass is 287 g/mol. The number of pyridine rings is 1. The van der Waals surface area contributed by atoms with Crippen LogP contribution in [0.5, 0.6) is 0 Å². The van der Waals surface area contributed by atoms with Crippen molar-refractivity contribution in [1.82, 2.24) is 4.98 Å². The van der Waals surface area contributed by atoms with Gasteiger partial charge in [-0.1, -0.05) is 13.3 Å². The summed E-state index contributed by atoms with van der Waals surface area (Å²) in [5.41, 5.74) is 1.07. The van der Waals surface area contributed by atoms with Gasteiger partial charge in [-0.15, -0.1) is 0 Å². The quantitative estimate of drug-likeness (QED) is 0.688. The van der Waals surface area contributed by atoms with Crippen molar-refractivity contribution in [1.29, 1.82) is 0 Å². The maximum Gasteiger partial charge on any atom is 0.0733 e. The molecule has 0 radical (unpaired) electrons. The first-order chi connectivity index (χ1) is 7.83. The summed E-state index contributed by atoms with van der Waals surface area (Å²) in [4.78, 5) is 4.07. The Labute approximate surface area is 105 Å². The highest BCUT2D eigenvalue weighted by molar-refractivity contribution is 9.10. The molecule has 0 N–H and O–H groups in total.